The first-order chi connectivity index (χ1) is 10.1. The molecule has 0 unspecified atom stereocenters. The van der Waals surface area contributed by atoms with Crippen molar-refractivity contribution in [2.75, 3.05) is 0 Å². The summed E-state index contributed by atoms with van der Waals surface area (Å²) in [6.07, 6.45) is 10.4. The van der Waals surface area contributed by atoms with Crippen LogP contribution in [0.15, 0.2) is 24.5 Å². The van der Waals surface area contributed by atoms with E-state index < -0.39 is 0 Å². The van der Waals surface area contributed by atoms with Gasteiger partial charge in [-0.15, -0.1) is 0 Å². The zero-order chi connectivity index (χ0) is 14.8. The summed E-state index contributed by atoms with van der Waals surface area (Å²) in [7, 11) is 0. The molecule has 6 nitrogen and oxygen atoms in total. The van der Waals surface area contributed by atoms with Crippen molar-refractivity contribution in [1.29, 1.82) is 0 Å². The molecule has 6 heteroatoms. The van der Waals surface area contributed by atoms with E-state index in [4.69, 9.17) is 5.73 Å². The molecular weight excluding hydrogens is 268 g/mol. The summed E-state index contributed by atoms with van der Waals surface area (Å²) < 4.78 is 0. The molecule has 1 saturated carbocycles. The minimum Gasteiger partial charge on any atom is -0.369 e. The van der Waals surface area contributed by atoms with Gasteiger partial charge in [-0.3, -0.25) is 9.59 Å². The lowest BCUT2D eigenvalue weighted by Gasteiger charge is -2.26. The first kappa shape index (κ1) is 13.7. The molecule has 1 heterocycles. The topological polar surface area (TPSA) is 98.0 Å². The van der Waals surface area contributed by atoms with Crippen LogP contribution in [0, 0.1) is 5.92 Å². The summed E-state index contributed by atoms with van der Waals surface area (Å²) in [6.45, 7) is 0. The van der Waals surface area contributed by atoms with Crippen LogP contribution in [0.2, 0.25) is 0 Å². The number of amides is 2. The molecule has 1 fully saturated rings. The Hall–Kier alpha value is -2.24. The predicted molar refractivity (Wildman–Crippen MR) is 76.3 cm³/mol. The first-order valence-electron chi connectivity index (χ1n) is 7.22. The van der Waals surface area contributed by atoms with Gasteiger partial charge in [0.2, 0.25) is 5.91 Å². The van der Waals surface area contributed by atoms with Crippen LogP contribution in [-0.2, 0) is 4.79 Å². The van der Waals surface area contributed by atoms with Gasteiger partial charge in [-0.1, -0.05) is 12.2 Å². The Morgan fingerprint density at radius 3 is 2.43 bits per heavy atom. The van der Waals surface area contributed by atoms with Crippen LogP contribution in [0.4, 0.5) is 0 Å². The van der Waals surface area contributed by atoms with Gasteiger partial charge in [0.25, 0.3) is 5.91 Å². The highest BCUT2D eigenvalue weighted by atomic mass is 16.2. The third-order valence-corrected chi connectivity index (χ3v) is 3.99. The SMILES string of the molecule is NC(=O)[C@@H]1CC=CC[C@H]1NC(=O)c1cnc(C2CC2)nc1. The smallest absolute Gasteiger partial charge is 0.254 e. The maximum Gasteiger partial charge on any atom is 0.254 e. The Bertz CT molecular complexity index is 578. The quantitative estimate of drug-likeness (QED) is 0.803. The molecule has 21 heavy (non-hydrogen) atoms. The highest BCUT2D eigenvalue weighted by Gasteiger charge is 2.29. The van der Waals surface area contributed by atoms with Crippen molar-refractivity contribution < 1.29 is 9.59 Å². The number of nitrogens with two attached hydrogens (primary N) is 1. The zero-order valence-electron chi connectivity index (χ0n) is 11.7. The summed E-state index contributed by atoms with van der Waals surface area (Å²) in [6, 6.07) is -0.261. The summed E-state index contributed by atoms with van der Waals surface area (Å²) in [5, 5.41) is 2.86. The van der Waals surface area contributed by atoms with Gasteiger partial charge in [0.15, 0.2) is 0 Å². The van der Waals surface area contributed by atoms with Crippen molar-refractivity contribution in [3.8, 4) is 0 Å². The van der Waals surface area contributed by atoms with Crippen LogP contribution in [0.25, 0.3) is 0 Å². The van der Waals surface area contributed by atoms with Crippen molar-refractivity contribution in [1.82, 2.24) is 15.3 Å². The van der Waals surface area contributed by atoms with E-state index in [1.807, 2.05) is 12.2 Å². The maximum atomic E-state index is 12.2. The average Bonchev–Trinajstić information content (AvgIpc) is 3.32. The molecule has 0 bridgehead atoms. The minimum atomic E-state index is -0.384. The number of aromatic nitrogens is 2. The molecular formula is C15H18N4O2. The van der Waals surface area contributed by atoms with Crippen molar-refractivity contribution in [3.05, 3.63) is 35.9 Å². The van der Waals surface area contributed by atoms with E-state index in [1.165, 1.54) is 0 Å². The summed E-state index contributed by atoms with van der Waals surface area (Å²) in [5.74, 6) is 0.270. The highest BCUT2D eigenvalue weighted by Crippen LogP contribution is 2.37. The Labute approximate surface area is 122 Å². The molecule has 0 aliphatic heterocycles. The molecule has 2 atom stereocenters. The van der Waals surface area contributed by atoms with Crippen molar-refractivity contribution in [3.63, 3.8) is 0 Å². The molecule has 2 amide bonds. The molecule has 0 radical (unpaired) electrons. The van der Waals surface area contributed by atoms with E-state index >= 15 is 0 Å². The third-order valence-electron chi connectivity index (χ3n) is 3.99. The molecule has 3 N–H and O–H groups in total. The van der Waals surface area contributed by atoms with Crippen LogP contribution in [0.5, 0.6) is 0 Å². The molecule has 1 aromatic rings. The summed E-state index contributed by atoms with van der Waals surface area (Å²) in [4.78, 5) is 32.1. The molecule has 0 aromatic carbocycles. The fourth-order valence-electron chi connectivity index (χ4n) is 2.55. The van der Waals surface area contributed by atoms with Gasteiger partial charge >= 0.3 is 0 Å². The van der Waals surface area contributed by atoms with Gasteiger partial charge in [-0.25, -0.2) is 9.97 Å². The third kappa shape index (κ3) is 3.09. The molecule has 0 saturated heterocycles. The molecule has 1 aromatic heterocycles. The van der Waals surface area contributed by atoms with Crippen LogP contribution in [0.1, 0.15) is 47.8 Å². The predicted octanol–water partition coefficient (Wildman–Crippen LogP) is 0.904. The van der Waals surface area contributed by atoms with Crippen LogP contribution in [0.3, 0.4) is 0 Å². The van der Waals surface area contributed by atoms with Crippen LogP contribution >= 0.6 is 0 Å². The van der Waals surface area contributed by atoms with Crippen LogP contribution < -0.4 is 11.1 Å². The van der Waals surface area contributed by atoms with E-state index in [-0.39, 0.29) is 23.8 Å². The molecule has 2 aliphatic carbocycles. The highest BCUT2D eigenvalue weighted by molar-refractivity contribution is 5.94. The number of carbonyl (C=O) groups is 2. The Kier molecular flexibility index (Phi) is 3.68. The number of hydrogen-bond donors (Lipinski definition) is 2. The molecule has 3 rings (SSSR count). The molecule has 110 valence electrons. The van der Waals surface area contributed by atoms with Crippen molar-refractivity contribution in [2.24, 2.45) is 11.7 Å². The second kappa shape index (κ2) is 5.63. The van der Waals surface area contributed by atoms with Gasteiger partial charge < -0.3 is 11.1 Å². The number of nitrogens with one attached hydrogen (secondary N) is 1. The number of nitrogens with zero attached hydrogens (tertiary/aromatic N) is 2. The first-order valence-corrected chi connectivity index (χ1v) is 7.22. The Morgan fingerprint density at radius 1 is 1.14 bits per heavy atom. The van der Waals surface area contributed by atoms with Crippen molar-refractivity contribution >= 4 is 11.8 Å². The van der Waals surface area contributed by atoms with Gasteiger partial charge in [0, 0.05) is 24.4 Å². The second-order valence-electron chi connectivity index (χ2n) is 5.64. The Morgan fingerprint density at radius 2 is 1.81 bits per heavy atom. The van der Waals surface area contributed by atoms with Gasteiger partial charge in [-0.2, -0.15) is 0 Å². The minimum absolute atomic E-state index is 0.260. The number of primary amides is 1. The lowest BCUT2D eigenvalue weighted by atomic mass is 9.88. The lowest BCUT2D eigenvalue weighted by Crippen LogP contribution is -2.46. The zero-order valence-corrected chi connectivity index (χ0v) is 11.7. The van der Waals surface area contributed by atoms with Crippen molar-refractivity contribution in [2.45, 2.75) is 37.6 Å². The normalized spacial score (nSPS) is 24.6. The maximum absolute atomic E-state index is 12.2. The van der Waals surface area contributed by atoms with E-state index in [1.54, 1.807) is 12.4 Å². The molecule has 2 aliphatic rings. The number of hydrogen-bond acceptors (Lipinski definition) is 4. The average molecular weight is 286 g/mol. The lowest BCUT2D eigenvalue weighted by molar-refractivity contribution is -0.122. The fraction of sp³-hybridized carbons (Fsp3) is 0.467. The standard InChI is InChI=1S/C15H18N4O2/c16-13(20)11-3-1-2-4-12(11)19-15(21)10-7-17-14(18-8-10)9-5-6-9/h1-2,7-9,11-12H,3-6H2,(H2,16,20)(H,19,21)/t11-,12-/m1/s1. The van der Waals surface area contributed by atoms with E-state index in [0.717, 1.165) is 18.7 Å². The number of rotatable bonds is 4. The molecule has 0 spiro atoms. The number of carbonyl (C=O) groups excluding carboxylic acids is 2. The van der Waals surface area contributed by atoms with Gasteiger partial charge in [0.1, 0.15) is 5.82 Å². The van der Waals surface area contributed by atoms with E-state index in [0.29, 0.717) is 24.3 Å². The largest absolute Gasteiger partial charge is 0.369 e. The van der Waals surface area contributed by atoms with E-state index in [9.17, 15) is 9.59 Å². The summed E-state index contributed by atoms with van der Waals surface area (Å²) >= 11 is 0. The summed E-state index contributed by atoms with van der Waals surface area (Å²) in [5.41, 5.74) is 5.80. The van der Waals surface area contributed by atoms with E-state index in [2.05, 4.69) is 15.3 Å². The van der Waals surface area contributed by atoms with Gasteiger partial charge in [-0.05, 0) is 25.7 Å². The monoisotopic (exact) mass is 286 g/mol. The number of allylic oxidation sites excluding steroid dienone is 1. The van der Waals surface area contributed by atoms with Gasteiger partial charge in [0.05, 0.1) is 11.5 Å². The second-order valence-corrected chi connectivity index (χ2v) is 5.64. The Balaban J connectivity index is 1.67. The fourth-order valence-corrected chi connectivity index (χ4v) is 2.55. The van der Waals surface area contributed by atoms with Crippen LogP contribution in [-0.4, -0.2) is 27.8 Å².